The van der Waals surface area contributed by atoms with Crippen molar-refractivity contribution in [1.29, 1.82) is 0 Å². The Balaban J connectivity index is 1.73. The van der Waals surface area contributed by atoms with Gasteiger partial charge in [-0.1, -0.05) is 6.42 Å². The fourth-order valence-corrected chi connectivity index (χ4v) is 4.70. The van der Waals surface area contributed by atoms with E-state index in [0.717, 1.165) is 19.3 Å². The van der Waals surface area contributed by atoms with Gasteiger partial charge in [-0.05, 0) is 31.7 Å². The number of amides is 1. The molecule has 2 aliphatic rings. The molecule has 2 heterocycles. The Labute approximate surface area is 146 Å². The Kier molecular flexibility index (Phi) is 4.63. The van der Waals surface area contributed by atoms with Crippen LogP contribution in [0.5, 0.6) is 0 Å². The standard InChI is InChI=1S/C16H23N3O5S/c1-18-10-12(25(23,24)19-7-3-2-4-8-19)9-13(18)14(20)17-11-16(5-6-16)15(21)22/h9-10H,2-8,11H2,1H3,(H,17,20)(H,21,22). The molecule has 1 saturated carbocycles. The Morgan fingerprint density at radius 2 is 1.88 bits per heavy atom. The minimum Gasteiger partial charge on any atom is -0.481 e. The number of hydrogen-bond donors (Lipinski definition) is 2. The monoisotopic (exact) mass is 369 g/mol. The van der Waals surface area contributed by atoms with Gasteiger partial charge in [0.15, 0.2) is 0 Å². The Hall–Kier alpha value is -1.87. The van der Waals surface area contributed by atoms with Gasteiger partial charge in [-0.3, -0.25) is 9.59 Å². The first-order valence-electron chi connectivity index (χ1n) is 8.44. The molecule has 1 saturated heterocycles. The van der Waals surface area contributed by atoms with Gasteiger partial charge in [0.1, 0.15) is 10.6 Å². The summed E-state index contributed by atoms with van der Waals surface area (Å²) in [5.41, 5.74) is -0.652. The third kappa shape index (κ3) is 3.43. The third-order valence-corrected chi connectivity index (χ3v) is 6.92. The molecule has 1 amide bonds. The second-order valence-corrected chi connectivity index (χ2v) is 8.84. The number of nitrogens with zero attached hydrogens (tertiary/aromatic N) is 2. The maximum atomic E-state index is 12.7. The topological polar surface area (TPSA) is 109 Å². The lowest BCUT2D eigenvalue weighted by Gasteiger charge is -2.25. The van der Waals surface area contributed by atoms with Crippen LogP contribution in [0, 0.1) is 5.41 Å². The van der Waals surface area contributed by atoms with Gasteiger partial charge in [-0.25, -0.2) is 8.42 Å². The number of carboxylic acids is 1. The van der Waals surface area contributed by atoms with E-state index in [1.165, 1.54) is 21.1 Å². The number of rotatable bonds is 6. The maximum absolute atomic E-state index is 12.7. The first kappa shape index (κ1) is 17.9. The maximum Gasteiger partial charge on any atom is 0.311 e. The van der Waals surface area contributed by atoms with Crippen molar-refractivity contribution in [3.63, 3.8) is 0 Å². The highest BCUT2D eigenvalue weighted by molar-refractivity contribution is 7.89. The van der Waals surface area contributed by atoms with Crippen LogP contribution in [-0.4, -0.2) is 53.9 Å². The number of aliphatic carboxylic acids is 1. The van der Waals surface area contributed by atoms with Crippen molar-refractivity contribution >= 4 is 21.9 Å². The van der Waals surface area contributed by atoms with E-state index in [1.54, 1.807) is 7.05 Å². The lowest BCUT2D eigenvalue weighted by atomic mass is 10.1. The number of sulfonamides is 1. The Morgan fingerprint density at radius 1 is 1.24 bits per heavy atom. The minimum absolute atomic E-state index is 0.0561. The van der Waals surface area contributed by atoms with Gasteiger partial charge in [0.25, 0.3) is 5.91 Å². The molecule has 25 heavy (non-hydrogen) atoms. The summed E-state index contributed by atoms with van der Waals surface area (Å²) >= 11 is 0. The van der Waals surface area contributed by atoms with E-state index in [-0.39, 0.29) is 17.1 Å². The first-order chi connectivity index (χ1) is 11.8. The molecule has 3 rings (SSSR count). The van der Waals surface area contributed by atoms with Gasteiger partial charge in [0.05, 0.1) is 5.41 Å². The van der Waals surface area contributed by atoms with E-state index in [2.05, 4.69) is 5.32 Å². The number of aromatic nitrogens is 1. The van der Waals surface area contributed by atoms with Crippen LogP contribution in [0.1, 0.15) is 42.6 Å². The van der Waals surface area contributed by atoms with Gasteiger partial charge in [0, 0.05) is 32.9 Å². The van der Waals surface area contributed by atoms with Crippen molar-refractivity contribution in [1.82, 2.24) is 14.2 Å². The van der Waals surface area contributed by atoms with Gasteiger partial charge < -0.3 is 15.0 Å². The van der Waals surface area contributed by atoms with Crippen LogP contribution in [0.4, 0.5) is 0 Å². The van der Waals surface area contributed by atoms with Gasteiger partial charge in [-0.15, -0.1) is 0 Å². The molecule has 0 spiro atoms. The van der Waals surface area contributed by atoms with Crippen LogP contribution in [0.2, 0.25) is 0 Å². The fourth-order valence-electron chi connectivity index (χ4n) is 3.11. The average Bonchev–Trinajstić information content (AvgIpc) is 3.29. The summed E-state index contributed by atoms with van der Waals surface area (Å²) < 4.78 is 28.3. The van der Waals surface area contributed by atoms with Gasteiger partial charge in [-0.2, -0.15) is 4.31 Å². The molecule has 1 aliphatic heterocycles. The molecule has 0 atom stereocenters. The Morgan fingerprint density at radius 3 is 2.44 bits per heavy atom. The van der Waals surface area contributed by atoms with E-state index in [0.29, 0.717) is 25.9 Å². The quantitative estimate of drug-likeness (QED) is 0.771. The SMILES string of the molecule is Cn1cc(S(=O)(=O)N2CCCCC2)cc1C(=O)NCC1(C(=O)O)CC1. The number of nitrogens with one attached hydrogen (secondary N) is 1. The summed E-state index contributed by atoms with van der Waals surface area (Å²) in [7, 11) is -2.00. The molecule has 2 N–H and O–H groups in total. The molecule has 2 fully saturated rings. The molecule has 9 heteroatoms. The van der Waals surface area contributed by atoms with Gasteiger partial charge >= 0.3 is 5.97 Å². The number of carbonyl (C=O) groups is 2. The lowest BCUT2D eigenvalue weighted by molar-refractivity contribution is -0.143. The fraction of sp³-hybridized carbons (Fsp3) is 0.625. The number of carboxylic acid groups (broad SMARTS) is 1. The predicted molar refractivity (Wildman–Crippen MR) is 89.7 cm³/mol. The van der Waals surface area contributed by atoms with Crippen molar-refractivity contribution in [2.45, 2.75) is 37.0 Å². The molecular formula is C16H23N3O5S. The first-order valence-corrected chi connectivity index (χ1v) is 9.88. The average molecular weight is 369 g/mol. The summed E-state index contributed by atoms with van der Waals surface area (Å²) in [5, 5.41) is 11.8. The molecular weight excluding hydrogens is 346 g/mol. The highest BCUT2D eigenvalue weighted by Crippen LogP contribution is 2.45. The number of aryl methyl sites for hydroxylation is 1. The molecule has 1 aromatic heterocycles. The zero-order valence-electron chi connectivity index (χ0n) is 14.2. The number of carbonyl (C=O) groups excluding carboxylic acids is 1. The smallest absolute Gasteiger partial charge is 0.311 e. The van der Waals surface area contributed by atoms with E-state index >= 15 is 0 Å². The second kappa shape index (κ2) is 6.45. The molecule has 1 aromatic rings. The van der Waals surface area contributed by atoms with Crippen molar-refractivity contribution in [2.24, 2.45) is 12.5 Å². The summed E-state index contributed by atoms with van der Waals surface area (Å²) in [5.74, 6) is -1.37. The molecule has 1 aliphatic carbocycles. The molecule has 8 nitrogen and oxygen atoms in total. The number of piperidine rings is 1. The molecule has 0 radical (unpaired) electrons. The van der Waals surface area contributed by atoms with Crippen LogP contribution in [0.25, 0.3) is 0 Å². The molecule has 0 aromatic carbocycles. The van der Waals surface area contributed by atoms with Crippen molar-refractivity contribution in [2.75, 3.05) is 19.6 Å². The van der Waals surface area contributed by atoms with Crippen LogP contribution < -0.4 is 5.32 Å². The second-order valence-electron chi connectivity index (χ2n) is 6.90. The zero-order chi connectivity index (χ0) is 18.2. The van der Waals surface area contributed by atoms with Crippen LogP contribution in [0.15, 0.2) is 17.2 Å². The highest BCUT2D eigenvalue weighted by atomic mass is 32.2. The summed E-state index contributed by atoms with van der Waals surface area (Å²) in [6.45, 7) is 1.06. The summed E-state index contributed by atoms with van der Waals surface area (Å²) in [6, 6.07) is 1.36. The summed E-state index contributed by atoms with van der Waals surface area (Å²) in [4.78, 5) is 23.6. The normalized spacial score (nSPS) is 20.2. The molecule has 0 unspecified atom stereocenters. The minimum atomic E-state index is -3.60. The van der Waals surface area contributed by atoms with E-state index in [4.69, 9.17) is 5.11 Å². The van der Waals surface area contributed by atoms with E-state index in [9.17, 15) is 18.0 Å². The Bertz CT molecular complexity index is 789. The van der Waals surface area contributed by atoms with Crippen molar-refractivity contribution < 1.29 is 23.1 Å². The van der Waals surface area contributed by atoms with E-state index in [1.807, 2.05) is 0 Å². The predicted octanol–water partition coefficient (Wildman–Crippen LogP) is 0.794. The van der Waals surface area contributed by atoms with Gasteiger partial charge in [0.2, 0.25) is 10.0 Å². The highest BCUT2D eigenvalue weighted by Gasteiger charge is 2.50. The van der Waals surface area contributed by atoms with Crippen LogP contribution in [0.3, 0.4) is 0 Å². The zero-order valence-corrected chi connectivity index (χ0v) is 15.0. The van der Waals surface area contributed by atoms with Crippen LogP contribution >= 0.6 is 0 Å². The summed E-state index contributed by atoms with van der Waals surface area (Å²) in [6.07, 6.45) is 5.24. The van der Waals surface area contributed by atoms with Crippen molar-refractivity contribution in [3.05, 3.63) is 18.0 Å². The lowest BCUT2D eigenvalue weighted by Crippen LogP contribution is -2.35. The van der Waals surface area contributed by atoms with Crippen molar-refractivity contribution in [3.8, 4) is 0 Å². The molecule has 0 bridgehead atoms. The van der Waals surface area contributed by atoms with E-state index < -0.39 is 27.3 Å². The molecule has 138 valence electrons. The van der Waals surface area contributed by atoms with Crippen LogP contribution in [-0.2, 0) is 21.9 Å². The number of hydrogen-bond acceptors (Lipinski definition) is 4. The third-order valence-electron chi connectivity index (χ3n) is 5.06. The largest absolute Gasteiger partial charge is 0.481 e.